The van der Waals surface area contributed by atoms with Crippen LogP contribution in [0.4, 0.5) is 0 Å². The van der Waals surface area contributed by atoms with Crippen LogP contribution >= 0.6 is 11.8 Å². The van der Waals surface area contributed by atoms with Gasteiger partial charge in [-0.05, 0) is 31.4 Å². The molecule has 1 rings (SSSR count). The smallest absolute Gasteiger partial charge is 0.0586 e. The zero-order valence-corrected chi connectivity index (χ0v) is 11.5. The molecule has 0 aromatic carbocycles. The van der Waals surface area contributed by atoms with E-state index in [0.717, 1.165) is 19.5 Å². The highest BCUT2D eigenvalue weighted by Gasteiger charge is 2.21. The van der Waals surface area contributed by atoms with E-state index in [1.54, 1.807) is 0 Å². The molecule has 1 saturated heterocycles. The molecule has 0 aromatic heterocycles. The van der Waals surface area contributed by atoms with E-state index in [1.165, 1.54) is 31.8 Å². The second kappa shape index (κ2) is 8.34. The van der Waals surface area contributed by atoms with Gasteiger partial charge in [-0.2, -0.15) is 11.8 Å². The lowest BCUT2D eigenvalue weighted by atomic mass is 10.1. The number of rotatable bonds is 7. The van der Waals surface area contributed by atoms with Crippen LogP contribution in [0, 0.1) is 0 Å². The standard InChI is InChI=1S/C12H26N2OS/c1-3-12(11-15)14-8-6-13(7-9-14)5-4-10-16-2/h12,15H,3-11H2,1-2H3. The highest BCUT2D eigenvalue weighted by atomic mass is 32.2. The number of piperazine rings is 1. The van der Waals surface area contributed by atoms with Gasteiger partial charge >= 0.3 is 0 Å². The van der Waals surface area contributed by atoms with E-state index in [4.69, 9.17) is 0 Å². The molecule has 1 aliphatic heterocycles. The van der Waals surface area contributed by atoms with Gasteiger partial charge in [-0.1, -0.05) is 6.92 Å². The predicted molar refractivity (Wildman–Crippen MR) is 72.2 cm³/mol. The Balaban J connectivity index is 2.17. The van der Waals surface area contributed by atoms with Crippen LogP contribution in [0.5, 0.6) is 0 Å². The first-order valence-electron chi connectivity index (χ1n) is 6.38. The summed E-state index contributed by atoms with van der Waals surface area (Å²) in [5, 5.41) is 9.26. The van der Waals surface area contributed by atoms with Crippen molar-refractivity contribution in [3.05, 3.63) is 0 Å². The summed E-state index contributed by atoms with van der Waals surface area (Å²) in [6.45, 7) is 8.30. The number of hydrogen-bond donors (Lipinski definition) is 1. The van der Waals surface area contributed by atoms with E-state index in [1.807, 2.05) is 11.8 Å². The van der Waals surface area contributed by atoms with Crippen LogP contribution in [-0.4, -0.2) is 72.3 Å². The molecule has 4 heteroatoms. The molecule has 0 amide bonds. The third-order valence-corrected chi connectivity index (χ3v) is 4.13. The molecule has 0 saturated carbocycles. The van der Waals surface area contributed by atoms with Crippen LogP contribution < -0.4 is 0 Å². The Morgan fingerprint density at radius 1 is 1.25 bits per heavy atom. The first-order valence-corrected chi connectivity index (χ1v) is 7.77. The number of aliphatic hydroxyl groups excluding tert-OH is 1. The van der Waals surface area contributed by atoms with Crippen molar-refractivity contribution in [1.82, 2.24) is 9.80 Å². The summed E-state index contributed by atoms with van der Waals surface area (Å²) in [6.07, 6.45) is 4.53. The van der Waals surface area contributed by atoms with Gasteiger partial charge in [0.1, 0.15) is 0 Å². The summed E-state index contributed by atoms with van der Waals surface area (Å²) < 4.78 is 0. The van der Waals surface area contributed by atoms with E-state index in [-0.39, 0.29) is 0 Å². The maximum absolute atomic E-state index is 9.26. The zero-order chi connectivity index (χ0) is 11.8. The molecule has 1 unspecified atom stereocenters. The van der Waals surface area contributed by atoms with Crippen molar-refractivity contribution < 1.29 is 5.11 Å². The second-order valence-corrected chi connectivity index (χ2v) is 5.45. The molecular weight excluding hydrogens is 220 g/mol. The van der Waals surface area contributed by atoms with Crippen molar-refractivity contribution in [2.24, 2.45) is 0 Å². The van der Waals surface area contributed by atoms with Crippen LogP contribution in [0.3, 0.4) is 0 Å². The van der Waals surface area contributed by atoms with Crippen LogP contribution in [0.15, 0.2) is 0 Å². The Kier molecular flexibility index (Phi) is 7.45. The van der Waals surface area contributed by atoms with E-state index in [2.05, 4.69) is 23.0 Å². The fourth-order valence-corrected chi connectivity index (χ4v) is 2.71. The first-order chi connectivity index (χ1) is 7.81. The van der Waals surface area contributed by atoms with Crippen molar-refractivity contribution in [2.75, 3.05) is 51.3 Å². The summed E-state index contributed by atoms with van der Waals surface area (Å²) in [5.74, 6) is 1.27. The lowest BCUT2D eigenvalue weighted by Crippen LogP contribution is -2.51. The predicted octanol–water partition coefficient (Wildman–Crippen LogP) is 1.13. The third kappa shape index (κ3) is 4.62. The van der Waals surface area contributed by atoms with Gasteiger partial charge in [0.25, 0.3) is 0 Å². The van der Waals surface area contributed by atoms with Gasteiger partial charge in [0.2, 0.25) is 0 Å². The highest BCUT2D eigenvalue weighted by Crippen LogP contribution is 2.09. The van der Waals surface area contributed by atoms with E-state index >= 15 is 0 Å². The molecule has 0 bridgehead atoms. The molecule has 1 fully saturated rings. The van der Waals surface area contributed by atoms with Crippen LogP contribution in [-0.2, 0) is 0 Å². The maximum atomic E-state index is 9.26. The summed E-state index contributed by atoms with van der Waals surface area (Å²) in [4.78, 5) is 4.99. The van der Waals surface area contributed by atoms with Gasteiger partial charge in [-0.25, -0.2) is 0 Å². The summed E-state index contributed by atoms with van der Waals surface area (Å²) in [6, 6.07) is 0.383. The molecule has 1 aliphatic rings. The number of nitrogens with zero attached hydrogens (tertiary/aromatic N) is 2. The molecule has 1 atom stereocenters. The molecule has 0 aromatic rings. The maximum Gasteiger partial charge on any atom is 0.0586 e. The Morgan fingerprint density at radius 2 is 1.94 bits per heavy atom. The monoisotopic (exact) mass is 246 g/mol. The van der Waals surface area contributed by atoms with Gasteiger partial charge < -0.3 is 10.0 Å². The molecule has 1 heterocycles. The Bertz CT molecular complexity index is 168. The summed E-state index contributed by atoms with van der Waals surface area (Å²) in [5.41, 5.74) is 0. The fraction of sp³-hybridized carbons (Fsp3) is 1.00. The second-order valence-electron chi connectivity index (χ2n) is 4.47. The van der Waals surface area contributed by atoms with Crippen molar-refractivity contribution in [2.45, 2.75) is 25.8 Å². The van der Waals surface area contributed by atoms with Gasteiger partial charge in [0, 0.05) is 32.2 Å². The van der Waals surface area contributed by atoms with Crippen LogP contribution in [0.1, 0.15) is 19.8 Å². The lowest BCUT2D eigenvalue weighted by molar-refractivity contribution is 0.0638. The highest BCUT2D eigenvalue weighted by molar-refractivity contribution is 7.98. The van der Waals surface area contributed by atoms with Crippen LogP contribution in [0.2, 0.25) is 0 Å². The van der Waals surface area contributed by atoms with Gasteiger partial charge in [-0.15, -0.1) is 0 Å². The van der Waals surface area contributed by atoms with Crippen molar-refractivity contribution in [3.8, 4) is 0 Å². The van der Waals surface area contributed by atoms with Gasteiger partial charge in [0.05, 0.1) is 6.61 Å². The molecule has 0 aliphatic carbocycles. The molecule has 0 radical (unpaired) electrons. The minimum atomic E-state index is 0.309. The minimum absolute atomic E-state index is 0.309. The van der Waals surface area contributed by atoms with Gasteiger partial charge in [-0.3, -0.25) is 4.90 Å². The summed E-state index contributed by atoms with van der Waals surface area (Å²) >= 11 is 1.93. The average molecular weight is 246 g/mol. The molecule has 3 nitrogen and oxygen atoms in total. The fourth-order valence-electron chi connectivity index (χ4n) is 2.29. The van der Waals surface area contributed by atoms with Crippen molar-refractivity contribution >= 4 is 11.8 Å². The minimum Gasteiger partial charge on any atom is -0.395 e. The Labute approximate surface area is 104 Å². The Hall–Kier alpha value is 0.230. The SMILES string of the molecule is CCC(CO)N1CCN(CCCSC)CC1. The average Bonchev–Trinajstić information content (AvgIpc) is 2.33. The lowest BCUT2D eigenvalue weighted by Gasteiger charge is -2.38. The number of hydrogen-bond acceptors (Lipinski definition) is 4. The molecule has 96 valence electrons. The van der Waals surface area contributed by atoms with Crippen molar-refractivity contribution in [1.29, 1.82) is 0 Å². The largest absolute Gasteiger partial charge is 0.395 e. The normalized spacial score (nSPS) is 21.2. The summed E-state index contributed by atoms with van der Waals surface area (Å²) in [7, 11) is 0. The molecule has 16 heavy (non-hydrogen) atoms. The Morgan fingerprint density at radius 3 is 2.44 bits per heavy atom. The molecule has 0 spiro atoms. The van der Waals surface area contributed by atoms with Gasteiger partial charge in [0.15, 0.2) is 0 Å². The number of thioether (sulfide) groups is 1. The third-order valence-electron chi connectivity index (χ3n) is 3.43. The van der Waals surface area contributed by atoms with E-state index < -0.39 is 0 Å². The molecular formula is C12H26N2OS. The molecule has 1 N–H and O–H groups in total. The van der Waals surface area contributed by atoms with E-state index in [9.17, 15) is 5.11 Å². The van der Waals surface area contributed by atoms with Crippen molar-refractivity contribution in [3.63, 3.8) is 0 Å². The van der Waals surface area contributed by atoms with E-state index in [0.29, 0.717) is 12.6 Å². The quantitative estimate of drug-likeness (QED) is 0.681. The van der Waals surface area contributed by atoms with Crippen LogP contribution in [0.25, 0.3) is 0 Å². The first kappa shape index (κ1) is 14.3. The topological polar surface area (TPSA) is 26.7 Å². The zero-order valence-electron chi connectivity index (χ0n) is 10.7. The number of aliphatic hydroxyl groups is 1.